The molecule has 2 aromatic carbocycles. The minimum Gasteiger partial charge on any atom is -0.450 e. The van der Waals surface area contributed by atoms with Crippen molar-refractivity contribution < 1.29 is 19.1 Å². The summed E-state index contributed by atoms with van der Waals surface area (Å²) < 4.78 is 5.03. The van der Waals surface area contributed by atoms with Crippen LogP contribution in [-0.4, -0.2) is 48.5 Å². The highest BCUT2D eigenvalue weighted by molar-refractivity contribution is 8.04. The molecule has 1 fully saturated rings. The number of hydrogen-bond donors (Lipinski definition) is 2. The Morgan fingerprint density at radius 1 is 1.24 bits per heavy atom. The number of halogens is 1. The van der Waals surface area contributed by atoms with Crippen LogP contribution in [0, 0.1) is 0 Å². The summed E-state index contributed by atoms with van der Waals surface area (Å²) >= 11 is 7.39. The lowest BCUT2D eigenvalue weighted by Crippen LogP contribution is -2.46. The lowest BCUT2D eigenvalue weighted by molar-refractivity contribution is -0.112. The molecule has 0 spiro atoms. The molecule has 2 N–H and O–H groups in total. The third kappa shape index (κ3) is 5.69. The van der Waals surface area contributed by atoms with Crippen molar-refractivity contribution in [1.29, 1.82) is 0 Å². The van der Waals surface area contributed by atoms with E-state index in [0.29, 0.717) is 53.7 Å². The number of ether oxygens (including phenoxy) is 1. The highest BCUT2D eigenvalue weighted by atomic mass is 35.5. The Morgan fingerprint density at radius 3 is 2.76 bits per heavy atom. The van der Waals surface area contributed by atoms with Gasteiger partial charge in [-0.3, -0.25) is 9.59 Å². The lowest BCUT2D eigenvalue weighted by atomic mass is 10.0. The normalized spacial score (nSPS) is 17.3. The van der Waals surface area contributed by atoms with E-state index >= 15 is 0 Å². The first-order valence-corrected chi connectivity index (χ1v) is 12.0. The number of fused-ring (bicyclic) bond motifs is 1. The van der Waals surface area contributed by atoms with E-state index in [4.69, 9.17) is 16.3 Å². The molecule has 2 aliphatic heterocycles. The SMILES string of the molecule is CCOC(=O)N1CCC(NC(=O)c2ccc3c(c2)NC(=O)C(=Cc2cccc(Cl)c2)S3)CC1. The number of carbonyl (C=O) groups excluding carboxylic acids is 3. The number of hydrogen-bond acceptors (Lipinski definition) is 5. The van der Waals surface area contributed by atoms with Crippen LogP contribution in [0.5, 0.6) is 0 Å². The number of carbonyl (C=O) groups is 3. The first-order chi connectivity index (χ1) is 15.9. The van der Waals surface area contributed by atoms with E-state index in [1.54, 1.807) is 42.2 Å². The van der Waals surface area contributed by atoms with E-state index in [1.165, 1.54) is 11.8 Å². The van der Waals surface area contributed by atoms with Crippen molar-refractivity contribution in [3.63, 3.8) is 0 Å². The summed E-state index contributed by atoms with van der Waals surface area (Å²) in [6.45, 7) is 3.21. The third-order valence-electron chi connectivity index (χ3n) is 5.44. The summed E-state index contributed by atoms with van der Waals surface area (Å²) in [5.41, 5.74) is 1.93. The number of rotatable bonds is 4. The molecular formula is C24H24ClN3O4S. The van der Waals surface area contributed by atoms with Gasteiger partial charge in [-0.2, -0.15) is 0 Å². The third-order valence-corrected chi connectivity index (χ3v) is 6.77. The minimum atomic E-state index is -0.311. The first kappa shape index (κ1) is 23.2. The van der Waals surface area contributed by atoms with E-state index < -0.39 is 0 Å². The predicted molar refractivity (Wildman–Crippen MR) is 129 cm³/mol. The van der Waals surface area contributed by atoms with Crippen LogP contribution in [0.2, 0.25) is 5.02 Å². The van der Waals surface area contributed by atoms with Gasteiger partial charge in [0.25, 0.3) is 11.8 Å². The van der Waals surface area contributed by atoms with Crippen LogP contribution in [0.3, 0.4) is 0 Å². The van der Waals surface area contributed by atoms with Crippen LogP contribution in [0.15, 0.2) is 52.3 Å². The topological polar surface area (TPSA) is 87.7 Å². The molecule has 0 radical (unpaired) electrons. The quantitative estimate of drug-likeness (QED) is 0.609. The zero-order chi connectivity index (χ0) is 23.4. The van der Waals surface area contributed by atoms with Crippen LogP contribution in [0.4, 0.5) is 10.5 Å². The van der Waals surface area contributed by atoms with Gasteiger partial charge in [-0.1, -0.05) is 35.5 Å². The summed E-state index contributed by atoms with van der Waals surface area (Å²) in [7, 11) is 0. The van der Waals surface area contributed by atoms with Crippen LogP contribution in [0.25, 0.3) is 6.08 Å². The molecular weight excluding hydrogens is 462 g/mol. The van der Waals surface area contributed by atoms with Gasteiger partial charge in [0.05, 0.1) is 17.2 Å². The maximum atomic E-state index is 12.8. The van der Waals surface area contributed by atoms with Gasteiger partial charge in [-0.05, 0) is 61.7 Å². The van der Waals surface area contributed by atoms with E-state index in [9.17, 15) is 14.4 Å². The zero-order valence-corrected chi connectivity index (χ0v) is 19.7. The Balaban J connectivity index is 1.39. The smallest absolute Gasteiger partial charge is 0.409 e. The Hall–Kier alpha value is -2.97. The summed E-state index contributed by atoms with van der Waals surface area (Å²) in [5, 5.41) is 6.51. The van der Waals surface area contributed by atoms with Gasteiger partial charge in [0, 0.05) is 34.6 Å². The van der Waals surface area contributed by atoms with Crippen molar-refractivity contribution in [2.75, 3.05) is 25.0 Å². The molecule has 2 aliphatic rings. The van der Waals surface area contributed by atoms with Crippen molar-refractivity contribution in [2.45, 2.75) is 30.7 Å². The van der Waals surface area contributed by atoms with Crippen molar-refractivity contribution in [2.24, 2.45) is 0 Å². The first-order valence-electron chi connectivity index (χ1n) is 10.8. The van der Waals surface area contributed by atoms with Crippen molar-refractivity contribution in [1.82, 2.24) is 10.2 Å². The van der Waals surface area contributed by atoms with Crippen LogP contribution >= 0.6 is 23.4 Å². The fraction of sp³-hybridized carbons (Fsp3) is 0.292. The lowest BCUT2D eigenvalue weighted by Gasteiger charge is -2.31. The van der Waals surface area contributed by atoms with Crippen molar-refractivity contribution in [3.05, 3.63) is 63.5 Å². The summed E-state index contributed by atoms with van der Waals surface area (Å²) in [6.07, 6.45) is 2.81. The maximum absolute atomic E-state index is 12.8. The second kappa shape index (κ2) is 10.3. The average Bonchev–Trinajstić information content (AvgIpc) is 2.80. The second-order valence-electron chi connectivity index (χ2n) is 7.76. The van der Waals surface area contributed by atoms with Gasteiger partial charge in [-0.25, -0.2) is 4.79 Å². The number of anilines is 1. The molecule has 0 unspecified atom stereocenters. The number of thioether (sulfide) groups is 1. The molecule has 0 saturated carbocycles. The summed E-state index contributed by atoms with van der Waals surface area (Å²) in [5.74, 6) is -0.428. The monoisotopic (exact) mass is 485 g/mol. The van der Waals surface area contributed by atoms with Gasteiger partial charge in [0.2, 0.25) is 0 Å². The predicted octanol–water partition coefficient (Wildman–Crippen LogP) is 4.78. The van der Waals surface area contributed by atoms with Gasteiger partial charge in [-0.15, -0.1) is 0 Å². The van der Waals surface area contributed by atoms with E-state index in [1.807, 2.05) is 18.2 Å². The zero-order valence-electron chi connectivity index (χ0n) is 18.1. The molecule has 0 aliphatic carbocycles. The van der Waals surface area contributed by atoms with Gasteiger partial charge >= 0.3 is 6.09 Å². The second-order valence-corrected chi connectivity index (χ2v) is 9.28. The Kier molecular flexibility index (Phi) is 7.25. The molecule has 2 heterocycles. The Bertz CT molecular complexity index is 1110. The van der Waals surface area contributed by atoms with Crippen molar-refractivity contribution in [3.8, 4) is 0 Å². The maximum Gasteiger partial charge on any atom is 0.409 e. The summed E-state index contributed by atoms with van der Waals surface area (Å²) in [4.78, 5) is 40.3. The molecule has 7 nitrogen and oxygen atoms in total. The van der Waals surface area contributed by atoms with E-state index in [2.05, 4.69) is 10.6 Å². The number of nitrogens with zero attached hydrogens (tertiary/aromatic N) is 1. The summed E-state index contributed by atoms with van der Waals surface area (Å²) in [6, 6.07) is 12.6. The Morgan fingerprint density at radius 2 is 2.03 bits per heavy atom. The van der Waals surface area contributed by atoms with E-state index in [0.717, 1.165) is 10.5 Å². The fourth-order valence-electron chi connectivity index (χ4n) is 3.74. The standard InChI is InChI=1S/C24H24ClN3O4S/c1-2-32-24(31)28-10-8-18(9-11-28)26-22(29)16-6-7-20-19(14-16)27-23(30)21(33-20)13-15-4-3-5-17(25)12-15/h3-7,12-14,18H,2,8-11H2,1H3,(H,26,29)(H,27,30). The number of likely N-dealkylation sites (tertiary alicyclic amines) is 1. The molecule has 0 bridgehead atoms. The molecule has 2 aromatic rings. The number of piperidine rings is 1. The largest absolute Gasteiger partial charge is 0.450 e. The molecule has 0 atom stereocenters. The molecule has 3 amide bonds. The molecule has 4 rings (SSSR count). The minimum absolute atomic E-state index is 0.0181. The van der Waals surface area contributed by atoms with Gasteiger partial charge in [0.15, 0.2) is 0 Å². The van der Waals surface area contributed by atoms with Gasteiger partial charge < -0.3 is 20.3 Å². The molecule has 9 heteroatoms. The van der Waals surface area contributed by atoms with Crippen molar-refractivity contribution >= 4 is 53.0 Å². The van der Waals surface area contributed by atoms with Crippen LogP contribution in [-0.2, 0) is 9.53 Å². The number of benzene rings is 2. The van der Waals surface area contributed by atoms with Crippen LogP contribution < -0.4 is 10.6 Å². The van der Waals surface area contributed by atoms with Crippen LogP contribution in [0.1, 0.15) is 35.7 Å². The molecule has 0 aromatic heterocycles. The highest BCUT2D eigenvalue weighted by Crippen LogP contribution is 2.39. The molecule has 33 heavy (non-hydrogen) atoms. The molecule has 172 valence electrons. The molecule has 1 saturated heterocycles. The highest BCUT2D eigenvalue weighted by Gasteiger charge is 2.26. The Labute approximate surface area is 201 Å². The van der Waals surface area contributed by atoms with Gasteiger partial charge in [0.1, 0.15) is 0 Å². The average molecular weight is 486 g/mol. The number of amides is 3. The fourth-order valence-corrected chi connectivity index (χ4v) is 4.87. The van der Waals surface area contributed by atoms with E-state index in [-0.39, 0.29) is 23.9 Å². The number of nitrogens with one attached hydrogen (secondary N) is 2.